The van der Waals surface area contributed by atoms with Gasteiger partial charge in [0.15, 0.2) is 0 Å². The summed E-state index contributed by atoms with van der Waals surface area (Å²) in [7, 11) is 0. The average molecular weight is 288 g/mol. The van der Waals surface area contributed by atoms with Crippen LogP contribution in [0.4, 0.5) is 0 Å². The topological polar surface area (TPSA) is 13.1 Å². The third-order valence-corrected chi connectivity index (χ3v) is 4.84. The first-order valence-electron chi connectivity index (χ1n) is 7.58. The Morgan fingerprint density at radius 3 is 2.45 bits per heavy atom. The molecular weight excluding hydrogens is 264 g/mol. The number of hydrogen-bond acceptors (Lipinski definition) is 2. The summed E-state index contributed by atoms with van der Waals surface area (Å²) in [6, 6.07) is 10.4. The Morgan fingerprint density at radius 1 is 1.05 bits per heavy atom. The van der Waals surface area contributed by atoms with Crippen LogP contribution in [0, 0.1) is 6.92 Å². The fourth-order valence-corrected chi connectivity index (χ4v) is 3.34. The predicted molar refractivity (Wildman–Crippen MR) is 88.5 cm³/mol. The molecule has 0 saturated carbocycles. The molecule has 0 bridgehead atoms. The summed E-state index contributed by atoms with van der Waals surface area (Å²) < 4.78 is 6.21. The second-order valence-corrected chi connectivity index (χ2v) is 6.23. The van der Waals surface area contributed by atoms with Crippen molar-refractivity contribution >= 4 is 11.8 Å². The Hall–Kier alpha value is -1.15. The van der Waals surface area contributed by atoms with Gasteiger partial charge in [-0.1, -0.05) is 50.6 Å². The molecule has 1 aromatic carbocycles. The lowest BCUT2D eigenvalue weighted by Gasteiger charge is -2.02. The number of aryl methyl sites for hydroxylation is 1. The van der Waals surface area contributed by atoms with Crippen molar-refractivity contribution < 1.29 is 4.42 Å². The van der Waals surface area contributed by atoms with Gasteiger partial charge in [0.2, 0.25) is 0 Å². The Morgan fingerprint density at radius 2 is 1.80 bits per heavy atom. The third-order valence-electron chi connectivity index (χ3n) is 3.40. The Kier molecular flexibility index (Phi) is 5.78. The van der Waals surface area contributed by atoms with Crippen molar-refractivity contribution in [3.8, 4) is 11.3 Å². The van der Waals surface area contributed by atoms with E-state index in [0.717, 1.165) is 17.9 Å². The molecular formula is C18H24OS. The maximum Gasteiger partial charge on any atom is 0.138 e. The van der Waals surface area contributed by atoms with Gasteiger partial charge in [-0.3, -0.25) is 0 Å². The van der Waals surface area contributed by atoms with Crippen LogP contribution in [-0.2, 0) is 6.42 Å². The van der Waals surface area contributed by atoms with Gasteiger partial charge in [0.1, 0.15) is 11.5 Å². The lowest BCUT2D eigenvalue weighted by Crippen LogP contribution is -1.86. The second kappa shape index (κ2) is 7.58. The number of benzene rings is 1. The van der Waals surface area contributed by atoms with Crippen molar-refractivity contribution in [2.45, 2.75) is 51.3 Å². The van der Waals surface area contributed by atoms with Crippen molar-refractivity contribution in [2.75, 3.05) is 5.75 Å². The van der Waals surface area contributed by atoms with E-state index in [1.807, 2.05) is 17.8 Å². The first-order chi connectivity index (χ1) is 9.77. The summed E-state index contributed by atoms with van der Waals surface area (Å²) in [5.74, 6) is 3.39. The summed E-state index contributed by atoms with van der Waals surface area (Å²) in [5.41, 5.74) is 2.49. The predicted octanol–water partition coefficient (Wildman–Crippen LogP) is 6.10. The molecule has 0 aliphatic rings. The zero-order valence-electron chi connectivity index (χ0n) is 12.7. The van der Waals surface area contributed by atoms with Crippen molar-refractivity contribution in [3.05, 3.63) is 41.7 Å². The van der Waals surface area contributed by atoms with E-state index in [1.54, 1.807) is 0 Å². The van der Waals surface area contributed by atoms with Gasteiger partial charge in [-0.15, -0.1) is 11.8 Å². The Balaban J connectivity index is 2.35. The summed E-state index contributed by atoms with van der Waals surface area (Å²) in [6.07, 6.45) is 4.65. The van der Waals surface area contributed by atoms with Gasteiger partial charge >= 0.3 is 0 Å². The molecule has 2 rings (SSSR count). The van der Waals surface area contributed by atoms with Crippen LogP contribution in [0.2, 0.25) is 0 Å². The minimum Gasteiger partial charge on any atom is -0.460 e. The lowest BCUT2D eigenvalue weighted by molar-refractivity contribution is 0.503. The van der Waals surface area contributed by atoms with Gasteiger partial charge < -0.3 is 4.42 Å². The number of hydrogen-bond donors (Lipinski definition) is 0. The molecule has 1 heterocycles. The van der Waals surface area contributed by atoms with Crippen LogP contribution in [0.3, 0.4) is 0 Å². The molecule has 1 aromatic heterocycles. The minimum atomic E-state index is 1.05. The van der Waals surface area contributed by atoms with Crippen LogP contribution in [0.15, 0.2) is 39.6 Å². The summed E-state index contributed by atoms with van der Waals surface area (Å²) in [4.78, 5) is 1.37. The largest absolute Gasteiger partial charge is 0.460 e. The van der Waals surface area contributed by atoms with Gasteiger partial charge in [-0.25, -0.2) is 0 Å². The first kappa shape index (κ1) is 15.2. The quantitative estimate of drug-likeness (QED) is 0.571. The summed E-state index contributed by atoms with van der Waals surface area (Å²) in [6.45, 7) is 6.65. The minimum absolute atomic E-state index is 1.05. The second-order valence-electron chi connectivity index (χ2n) is 5.13. The molecule has 108 valence electrons. The number of unbranched alkanes of at least 4 members (excludes halogenated alkanes) is 1. The van der Waals surface area contributed by atoms with Crippen molar-refractivity contribution in [1.82, 2.24) is 0 Å². The molecule has 0 N–H and O–H groups in total. The van der Waals surface area contributed by atoms with E-state index in [0.29, 0.717) is 0 Å². The van der Waals surface area contributed by atoms with Crippen molar-refractivity contribution in [3.63, 3.8) is 0 Å². The van der Waals surface area contributed by atoms with Crippen LogP contribution < -0.4 is 0 Å². The molecule has 2 aromatic rings. The van der Waals surface area contributed by atoms with Gasteiger partial charge in [0, 0.05) is 17.5 Å². The lowest BCUT2D eigenvalue weighted by atomic mass is 10.1. The molecule has 20 heavy (non-hydrogen) atoms. The van der Waals surface area contributed by atoms with Crippen molar-refractivity contribution in [2.24, 2.45) is 0 Å². The zero-order chi connectivity index (χ0) is 14.4. The van der Waals surface area contributed by atoms with E-state index in [9.17, 15) is 0 Å². The first-order valence-corrected chi connectivity index (χ1v) is 8.57. The standard InChI is InChI=1S/C18H24OS/c1-4-6-12-16-18(20-13-5-2)14(3)17(19-16)15-10-8-7-9-11-15/h7-11H,4-6,12-13H2,1-3H3. The van der Waals surface area contributed by atoms with E-state index >= 15 is 0 Å². The fourth-order valence-electron chi connectivity index (χ4n) is 2.32. The Bertz CT molecular complexity index is 528. The highest BCUT2D eigenvalue weighted by molar-refractivity contribution is 7.99. The van der Waals surface area contributed by atoms with E-state index in [1.165, 1.54) is 41.0 Å². The van der Waals surface area contributed by atoms with Crippen LogP contribution in [-0.4, -0.2) is 5.75 Å². The monoisotopic (exact) mass is 288 g/mol. The third kappa shape index (κ3) is 3.49. The molecule has 1 nitrogen and oxygen atoms in total. The molecule has 0 saturated heterocycles. The molecule has 0 spiro atoms. The molecule has 0 fully saturated rings. The van der Waals surface area contributed by atoms with Crippen LogP contribution >= 0.6 is 11.8 Å². The molecule has 0 radical (unpaired) electrons. The summed E-state index contributed by atoms with van der Waals surface area (Å²) >= 11 is 1.95. The molecule has 0 atom stereocenters. The van der Waals surface area contributed by atoms with Crippen LogP contribution in [0.5, 0.6) is 0 Å². The maximum atomic E-state index is 6.21. The highest BCUT2D eigenvalue weighted by atomic mass is 32.2. The van der Waals surface area contributed by atoms with Gasteiger partial charge in [-0.2, -0.15) is 0 Å². The van der Waals surface area contributed by atoms with Gasteiger partial charge in [0.25, 0.3) is 0 Å². The van der Waals surface area contributed by atoms with E-state index in [-0.39, 0.29) is 0 Å². The highest BCUT2D eigenvalue weighted by Crippen LogP contribution is 2.38. The molecule has 0 aliphatic carbocycles. The number of furan rings is 1. The maximum absolute atomic E-state index is 6.21. The van der Waals surface area contributed by atoms with Gasteiger partial charge in [-0.05, 0) is 25.5 Å². The smallest absolute Gasteiger partial charge is 0.138 e. The molecule has 0 amide bonds. The normalized spacial score (nSPS) is 10.9. The van der Waals surface area contributed by atoms with Crippen LogP contribution in [0.25, 0.3) is 11.3 Å². The number of rotatable bonds is 7. The SMILES string of the molecule is CCCCc1oc(-c2ccccc2)c(C)c1SCCC. The van der Waals surface area contributed by atoms with Crippen molar-refractivity contribution in [1.29, 1.82) is 0 Å². The van der Waals surface area contributed by atoms with E-state index < -0.39 is 0 Å². The zero-order valence-corrected chi connectivity index (χ0v) is 13.6. The molecule has 0 aliphatic heterocycles. The average Bonchev–Trinajstić information content (AvgIpc) is 2.80. The van der Waals surface area contributed by atoms with Gasteiger partial charge in [0.05, 0.1) is 4.90 Å². The molecule has 2 heteroatoms. The summed E-state index contributed by atoms with van der Waals surface area (Å²) in [5, 5.41) is 0. The Labute approximate surface area is 126 Å². The van der Waals surface area contributed by atoms with E-state index in [4.69, 9.17) is 4.42 Å². The van der Waals surface area contributed by atoms with E-state index in [2.05, 4.69) is 45.0 Å². The van der Waals surface area contributed by atoms with Crippen LogP contribution in [0.1, 0.15) is 44.4 Å². The fraction of sp³-hybridized carbons (Fsp3) is 0.444. The highest BCUT2D eigenvalue weighted by Gasteiger charge is 2.17. The number of thioether (sulfide) groups is 1. The molecule has 0 unspecified atom stereocenters.